The molecule has 0 spiro atoms. The van der Waals surface area contributed by atoms with Crippen LogP contribution >= 0.6 is 11.6 Å². The number of hydrogen-bond acceptors (Lipinski definition) is 4. The number of sulfonamides is 1. The number of aromatic nitrogens is 2. The van der Waals surface area contributed by atoms with Crippen LogP contribution in [0.1, 0.15) is 0 Å². The van der Waals surface area contributed by atoms with Crippen LogP contribution < -0.4 is 0 Å². The maximum Gasteiger partial charge on any atom is 0.262 e. The number of aliphatic hydroxyl groups is 1. The van der Waals surface area contributed by atoms with E-state index in [0.29, 0.717) is 4.31 Å². The molecule has 10 heteroatoms. The highest BCUT2D eigenvalue weighted by atomic mass is 35.5. The average molecular weight is 340 g/mol. The van der Waals surface area contributed by atoms with Gasteiger partial charge in [0.05, 0.1) is 13.2 Å². The van der Waals surface area contributed by atoms with Crippen LogP contribution in [0.3, 0.4) is 0 Å². The summed E-state index contributed by atoms with van der Waals surface area (Å²) in [4.78, 5) is 3.87. The smallest absolute Gasteiger partial charge is 0.262 e. The predicted molar refractivity (Wildman–Crippen MR) is 72.1 cm³/mol. The Morgan fingerprint density at radius 2 is 2.14 bits per heavy atom. The van der Waals surface area contributed by atoms with Gasteiger partial charge in [-0.05, 0) is 12.1 Å². The average Bonchev–Trinajstić information content (AvgIpc) is 2.74. The van der Waals surface area contributed by atoms with Crippen molar-refractivity contribution in [2.45, 2.75) is 11.5 Å². The Morgan fingerprint density at radius 1 is 1.43 bits per heavy atom. The maximum atomic E-state index is 12.6. The van der Waals surface area contributed by atoms with Gasteiger partial charge in [0.2, 0.25) is 0 Å². The van der Waals surface area contributed by atoms with Crippen molar-refractivity contribution in [1.82, 2.24) is 13.7 Å². The number of alkyl halides is 2. The number of imidazole rings is 1. The van der Waals surface area contributed by atoms with Crippen LogP contribution in [-0.2, 0) is 10.0 Å². The minimum Gasteiger partial charge on any atom is -0.395 e. The zero-order chi connectivity index (χ0) is 15.6. The normalized spacial score (nSPS) is 12.7. The van der Waals surface area contributed by atoms with Gasteiger partial charge in [-0.25, -0.2) is 22.2 Å². The second-order valence-electron chi connectivity index (χ2n) is 4.11. The molecule has 0 saturated carbocycles. The van der Waals surface area contributed by atoms with E-state index in [1.54, 1.807) is 12.1 Å². The molecule has 0 aliphatic carbocycles. The molecule has 21 heavy (non-hydrogen) atoms. The van der Waals surface area contributed by atoms with Gasteiger partial charge in [-0.1, -0.05) is 17.7 Å². The summed E-state index contributed by atoms with van der Waals surface area (Å²) in [6, 6.07) is 4.74. The Hall–Kier alpha value is -1.29. The van der Waals surface area contributed by atoms with Gasteiger partial charge in [0.25, 0.3) is 16.4 Å². The molecule has 0 fully saturated rings. The quantitative estimate of drug-likeness (QED) is 0.859. The van der Waals surface area contributed by atoms with Gasteiger partial charge in [-0.3, -0.25) is 4.40 Å². The number of nitrogens with zero attached hydrogens (tertiary/aromatic N) is 3. The van der Waals surface area contributed by atoms with Crippen LogP contribution in [0.15, 0.2) is 29.4 Å². The molecule has 6 nitrogen and oxygen atoms in total. The van der Waals surface area contributed by atoms with Gasteiger partial charge in [0, 0.05) is 12.7 Å². The van der Waals surface area contributed by atoms with Crippen LogP contribution in [0.2, 0.25) is 5.15 Å². The lowest BCUT2D eigenvalue weighted by Gasteiger charge is -2.20. The summed E-state index contributed by atoms with van der Waals surface area (Å²) in [5.41, 5.74) is 0.280. The molecule has 0 atom stereocenters. The Labute approximate surface area is 124 Å². The molecule has 0 unspecified atom stereocenters. The Morgan fingerprint density at radius 3 is 2.76 bits per heavy atom. The number of hydrogen-bond donors (Lipinski definition) is 1. The molecule has 116 valence electrons. The van der Waals surface area contributed by atoms with Crippen molar-refractivity contribution in [1.29, 1.82) is 0 Å². The van der Waals surface area contributed by atoms with Crippen molar-refractivity contribution in [3.63, 3.8) is 0 Å². The molecule has 0 bridgehead atoms. The maximum absolute atomic E-state index is 12.6. The standard InChI is InChI=1S/C11H12ClF2N3O3S/c12-10-11(17-4-2-1-3-9(17)15-10)21(19,20)16(5-6-18)7-8(13)14/h1-4,8,18H,5-7H2. The molecule has 0 saturated heterocycles. The zero-order valence-electron chi connectivity index (χ0n) is 10.7. The van der Waals surface area contributed by atoms with Gasteiger partial charge in [0.1, 0.15) is 5.65 Å². The Bertz CT molecular complexity index is 735. The highest BCUT2D eigenvalue weighted by Crippen LogP contribution is 2.26. The van der Waals surface area contributed by atoms with Gasteiger partial charge in [-0.15, -0.1) is 0 Å². The van der Waals surface area contributed by atoms with Crippen molar-refractivity contribution in [2.75, 3.05) is 19.7 Å². The summed E-state index contributed by atoms with van der Waals surface area (Å²) in [5, 5.41) is 8.18. The van der Waals surface area contributed by atoms with Crippen LogP contribution in [0.25, 0.3) is 5.65 Å². The van der Waals surface area contributed by atoms with E-state index >= 15 is 0 Å². The summed E-state index contributed by atoms with van der Waals surface area (Å²) in [7, 11) is -4.31. The SMILES string of the molecule is O=S(=O)(c1c(Cl)nc2ccccn12)N(CCO)CC(F)F. The van der Waals surface area contributed by atoms with E-state index in [0.717, 1.165) is 0 Å². The highest BCUT2D eigenvalue weighted by molar-refractivity contribution is 7.89. The molecule has 0 radical (unpaired) electrons. The van der Waals surface area contributed by atoms with Crippen molar-refractivity contribution < 1.29 is 22.3 Å². The zero-order valence-corrected chi connectivity index (χ0v) is 12.2. The van der Waals surface area contributed by atoms with Crippen molar-refractivity contribution >= 4 is 27.3 Å². The largest absolute Gasteiger partial charge is 0.395 e. The van der Waals surface area contributed by atoms with Crippen LogP contribution in [-0.4, -0.2) is 53.3 Å². The van der Waals surface area contributed by atoms with Crippen LogP contribution in [0.5, 0.6) is 0 Å². The molecule has 2 heterocycles. The van der Waals surface area contributed by atoms with E-state index in [4.69, 9.17) is 16.7 Å². The minimum absolute atomic E-state index is 0.280. The Balaban J connectivity index is 2.56. The predicted octanol–water partition coefficient (Wildman–Crippen LogP) is 1.24. The van der Waals surface area contributed by atoms with E-state index in [9.17, 15) is 17.2 Å². The molecule has 0 aromatic carbocycles. The van der Waals surface area contributed by atoms with E-state index in [2.05, 4.69) is 4.98 Å². The summed E-state index contributed by atoms with van der Waals surface area (Å²) in [6.45, 7) is -2.07. The van der Waals surface area contributed by atoms with Gasteiger partial charge in [0.15, 0.2) is 10.2 Å². The number of rotatable bonds is 6. The third kappa shape index (κ3) is 3.15. The third-order valence-electron chi connectivity index (χ3n) is 2.72. The first-order chi connectivity index (χ1) is 9.87. The lowest BCUT2D eigenvalue weighted by molar-refractivity contribution is 0.113. The lowest BCUT2D eigenvalue weighted by atomic mass is 10.5. The number of halogens is 3. The molecule has 0 amide bonds. The van der Waals surface area contributed by atoms with Crippen molar-refractivity contribution in [3.8, 4) is 0 Å². The van der Waals surface area contributed by atoms with E-state index in [1.165, 1.54) is 16.7 Å². The fraction of sp³-hybridized carbons (Fsp3) is 0.364. The summed E-state index contributed by atoms with van der Waals surface area (Å²) in [5.74, 6) is 0. The monoisotopic (exact) mass is 339 g/mol. The molecule has 0 aliphatic rings. The van der Waals surface area contributed by atoms with E-state index < -0.39 is 41.2 Å². The summed E-state index contributed by atoms with van der Waals surface area (Å²) >= 11 is 5.85. The first kappa shape index (κ1) is 16.1. The highest BCUT2D eigenvalue weighted by Gasteiger charge is 2.32. The van der Waals surface area contributed by atoms with Crippen LogP contribution in [0, 0.1) is 0 Å². The topological polar surface area (TPSA) is 74.9 Å². The first-order valence-electron chi connectivity index (χ1n) is 5.89. The fourth-order valence-corrected chi connectivity index (χ4v) is 3.88. The molecular formula is C11H12ClF2N3O3S. The molecule has 2 aromatic rings. The number of aliphatic hydroxyl groups excluding tert-OH is 1. The Kier molecular flexibility index (Phi) is 4.77. The lowest BCUT2D eigenvalue weighted by Crippen LogP contribution is -2.37. The van der Waals surface area contributed by atoms with Crippen LogP contribution in [0.4, 0.5) is 8.78 Å². The number of pyridine rings is 1. The molecule has 0 aliphatic heterocycles. The minimum atomic E-state index is -4.31. The first-order valence-corrected chi connectivity index (χ1v) is 7.71. The second-order valence-corrected chi connectivity index (χ2v) is 6.33. The van der Waals surface area contributed by atoms with E-state index in [-0.39, 0.29) is 10.8 Å². The van der Waals surface area contributed by atoms with E-state index in [1.807, 2.05) is 0 Å². The summed E-state index contributed by atoms with van der Waals surface area (Å²) in [6.07, 6.45) is -1.45. The third-order valence-corrected chi connectivity index (χ3v) is 4.99. The van der Waals surface area contributed by atoms with Crippen molar-refractivity contribution in [3.05, 3.63) is 29.5 Å². The van der Waals surface area contributed by atoms with Gasteiger partial charge in [-0.2, -0.15) is 4.31 Å². The number of fused-ring (bicyclic) bond motifs is 1. The second kappa shape index (κ2) is 6.22. The molecule has 2 aromatic heterocycles. The van der Waals surface area contributed by atoms with Gasteiger partial charge >= 0.3 is 0 Å². The molecule has 1 N–H and O–H groups in total. The molecule has 2 rings (SSSR count). The summed E-state index contributed by atoms with van der Waals surface area (Å²) < 4.78 is 51.8. The van der Waals surface area contributed by atoms with Crippen molar-refractivity contribution in [2.24, 2.45) is 0 Å². The fourth-order valence-electron chi connectivity index (χ4n) is 1.87. The molecular weight excluding hydrogens is 328 g/mol. The van der Waals surface area contributed by atoms with Gasteiger partial charge < -0.3 is 5.11 Å².